The Kier molecular flexibility index (Phi) is 8.44. The van der Waals surface area contributed by atoms with Gasteiger partial charge in [0, 0.05) is 26.1 Å². The van der Waals surface area contributed by atoms with E-state index in [4.69, 9.17) is 18.9 Å². The monoisotopic (exact) mass is 481 g/mol. The number of amides is 1. The zero-order valence-corrected chi connectivity index (χ0v) is 20.5. The maximum Gasteiger partial charge on any atom is 0.258 e. The van der Waals surface area contributed by atoms with E-state index in [9.17, 15) is 4.79 Å². The van der Waals surface area contributed by atoms with Gasteiger partial charge in [0.05, 0.1) is 32.5 Å². The highest BCUT2D eigenvalue weighted by molar-refractivity contribution is 7.07. The number of carbonyl (C=O) groups excluding carboxylic acids is 1. The van der Waals surface area contributed by atoms with Crippen LogP contribution in [0.3, 0.4) is 0 Å². The maximum absolute atomic E-state index is 13.7. The van der Waals surface area contributed by atoms with Crippen LogP contribution in [0.5, 0.6) is 17.2 Å². The Hall–Kier alpha value is -3.03. The third kappa shape index (κ3) is 6.10. The van der Waals surface area contributed by atoms with Gasteiger partial charge in [-0.3, -0.25) is 4.79 Å². The SMILES string of the molecule is COc1cccc(C(=O)N(Cc2cccc(OCCc3ccsc3)c2)CC2CCCO2)c1OC. The van der Waals surface area contributed by atoms with E-state index in [2.05, 4.69) is 16.8 Å². The van der Waals surface area contributed by atoms with Gasteiger partial charge in [-0.25, -0.2) is 0 Å². The molecule has 2 heterocycles. The van der Waals surface area contributed by atoms with Crippen molar-refractivity contribution >= 4 is 17.2 Å². The zero-order valence-electron chi connectivity index (χ0n) is 19.7. The first-order chi connectivity index (χ1) is 16.7. The molecule has 0 N–H and O–H groups in total. The summed E-state index contributed by atoms with van der Waals surface area (Å²) in [6.07, 6.45) is 2.87. The van der Waals surface area contributed by atoms with Crippen molar-refractivity contribution in [2.45, 2.75) is 31.9 Å². The summed E-state index contributed by atoms with van der Waals surface area (Å²) in [6, 6.07) is 15.4. The van der Waals surface area contributed by atoms with Crippen molar-refractivity contribution in [2.75, 3.05) is 34.0 Å². The average Bonchev–Trinajstić information content (AvgIpc) is 3.57. The average molecular weight is 482 g/mol. The molecule has 0 bridgehead atoms. The fourth-order valence-electron chi connectivity index (χ4n) is 4.15. The van der Waals surface area contributed by atoms with E-state index in [0.29, 0.717) is 36.8 Å². The summed E-state index contributed by atoms with van der Waals surface area (Å²) < 4.78 is 22.8. The van der Waals surface area contributed by atoms with Gasteiger partial charge in [0.1, 0.15) is 5.75 Å². The molecule has 1 aromatic heterocycles. The number of carbonyl (C=O) groups is 1. The third-order valence-corrected chi connectivity index (χ3v) is 6.61. The van der Waals surface area contributed by atoms with E-state index in [1.54, 1.807) is 43.8 Å². The van der Waals surface area contributed by atoms with E-state index in [-0.39, 0.29) is 12.0 Å². The first kappa shape index (κ1) is 24.1. The second kappa shape index (κ2) is 11.9. The number of hydrogen-bond donors (Lipinski definition) is 0. The van der Waals surface area contributed by atoms with E-state index in [1.807, 2.05) is 29.2 Å². The largest absolute Gasteiger partial charge is 0.493 e. The predicted molar refractivity (Wildman–Crippen MR) is 133 cm³/mol. The van der Waals surface area contributed by atoms with Crippen molar-refractivity contribution in [3.05, 3.63) is 76.0 Å². The molecule has 34 heavy (non-hydrogen) atoms. The van der Waals surface area contributed by atoms with Crippen molar-refractivity contribution in [1.29, 1.82) is 0 Å². The first-order valence-corrected chi connectivity index (χ1v) is 12.5. The van der Waals surface area contributed by atoms with Gasteiger partial charge >= 0.3 is 0 Å². The van der Waals surface area contributed by atoms with Crippen LogP contribution >= 0.6 is 11.3 Å². The summed E-state index contributed by atoms with van der Waals surface area (Å²) >= 11 is 1.69. The van der Waals surface area contributed by atoms with Crippen LogP contribution in [0.2, 0.25) is 0 Å². The first-order valence-electron chi connectivity index (χ1n) is 11.5. The van der Waals surface area contributed by atoms with E-state index in [0.717, 1.165) is 37.2 Å². The Bertz CT molecular complexity index is 1060. The molecule has 1 aliphatic rings. The van der Waals surface area contributed by atoms with Crippen molar-refractivity contribution in [1.82, 2.24) is 4.90 Å². The summed E-state index contributed by atoms with van der Waals surface area (Å²) in [4.78, 5) is 15.5. The van der Waals surface area contributed by atoms with Gasteiger partial charge in [-0.15, -0.1) is 0 Å². The molecule has 0 saturated carbocycles. The number of benzene rings is 2. The Morgan fingerprint density at radius 2 is 2.00 bits per heavy atom. The molecule has 0 radical (unpaired) electrons. The van der Waals surface area contributed by atoms with Crippen LogP contribution in [0.1, 0.15) is 34.3 Å². The summed E-state index contributed by atoms with van der Waals surface area (Å²) in [5, 5.41) is 4.22. The Labute approximate surface area is 205 Å². The molecule has 1 fully saturated rings. The molecule has 1 atom stereocenters. The highest BCUT2D eigenvalue weighted by Gasteiger charge is 2.26. The summed E-state index contributed by atoms with van der Waals surface area (Å²) in [6.45, 7) is 2.31. The zero-order chi connectivity index (χ0) is 23.8. The van der Waals surface area contributed by atoms with E-state index >= 15 is 0 Å². The number of methoxy groups -OCH3 is 2. The van der Waals surface area contributed by atoms with Crippen molar-refractivity contribution in [2.24, 2.45) is 0 Å². The topological polar surface area (TPSA) is 57.2 Å². The van der Waals surface area contributed by atoms with Gasteiger partial charge < -0.3 is 23.8 Å². The fourth-order valence-corrected chi connectivity index (χ4v) is 4.86. The molecular weight excluding hydrogens is 450 g/mol. The van der Waals surface area contributed by atoms with Crippen LogP contribution in [-0.2, 0) is 17.7 Å². The lowest BCUT2D eigenvalue weighted by molar-refractivity contribution is 0.0504. The summed E-state index contributed by atoms with van der Waals surface area (Å²) in [5.41, 5.74) is 2.76. The standard InChI is InChI=1S/C27H31NO5S/c1-30-25-10-4-9-24(26(25)31-2)27(29)28(18-23-8-5-13-32-23)17-21-6-3-7-22(16-21)33-14-11-20-12-15-34-19-20/h3-4,6-7,9-10,12,15-16,19,23H,5,8,11,13-14,17-18H2,1-2H3. The van der Waals surface area contributed by atoms with Gasteiger partial charge in [-0.05, 0) is 65.1 Å². The lowest BCUT2D eigenvalue weighted by Gasteiger charge is -2.27. The van der Waals surface area contributed by atoms with Crippen LogP contribution in [0, 0.1) is 0 Å². The molecule has 4 rings (SSSR count). The van der Waals surface area contributed by atoms with Crippen LogP contribution < -0.4 is 14.2 Å². The van der Waals surface area contributed by atoms with Crippen LogP contribution in [0.4, 0.5) is 0 Å². The molecular formula is C27H31NO5S. The molecule has 1 aliphatic heterocycles. The molecule has 7 heteroatoms. The minimum atomic E-state index is -0.116. The lowest BCUT2D eigenvalue weighted by Crippen LogP contribution is -2.37. The van der Waals surface area contributed by atoms with Gasteiger partial charge in [-0.1, -0.05) is 18.2 Å². The van der Waals surface area contributed by atoms with Gasteiger partial charge in [0.2, 0.25) is 0 Å². The smallest absolute Gasteiger partial charge is 0.258 e. The normalized spacial score (nSPS) is 15.2. The van der Waals surface area contributed by atoms with Crippen molar-refractivity contribution in [3.8, 4) is 17.2 Å². The number of rotatable bonds is 11. The number of nitrogens with zero attached hydrogens (tertiary/aromatic N) is 1. The molecule has 0 spiro atoms. The fraction of sp³-hybridized carbons (Fsp3) is 0.370. The van der Waals surface area contributed by atoms with Crippen LogP contribution in [0.15, 0.2) is 59.3 Å². The minimum absolute atomic E-state index is 0.0330. The highest BCUT2D eigenvalue weighted by atomic mass is 32.1. The van der Waals surface area contributed by atoms with Crippen LogP contribution in [-0.4, -0.2) is 50.9 Å². The quantitative estimate of drug-likeness (QED) is 0.376. The summed E-state index contributed by atoms with van der Waals surface area (Å²) in [5.74, 6) is 1.66. The number of para-hydroxylation sites is 1. The van der Waals surface area contributed by atoms with Crippen LogP contribution in [0.25, 0.3) is 0 Å². The molecule has 0 aliphatic carbocycles. The molecule has 2 aromatic carbocycles. The molecule has 1 saturated heterocycles. The van der Waals surface area contributed by atoms with E-state index in [1.165, 1.54) is 5.56 Å². The third-order valence-electron chi connectivity index (χ3n) is 5.88. The maximum atomic E-state index is 13.7. The second-order valence-electron chi connectivity index (χ2n) is 8.24. The van der Waals surface area contributed by atoms with E-state index < -0.39 is 0 Å². The molecule has 6 nitrogen and oxygen atoms in total. The molecule has 180 valence electrons. The lowest BCUT2D eigenvalue weighted by atomic mass is 10.1. The van der Waals surface area contributed by atoms with Gasteiger partial charge in [-0.2, -0.15) is 11.3 Å². The summed E-state index contributed by atoms with van der Waals surface area (Å²) in [7, 11) is 3.12. The van der Waals surface area contributed by atoms with Gasteiger partial charge in [0.25, 0.3) is 5.91 Å². The highest BCUT2D eigenvalue weighted by Crippen LogP contribution is 2.32. The molecule has 1 amide bonds. The number of ether oxygens (including phenoxy) is 4. The second-order valence-corrected chi connectivity index (χ2v) is 9.02. The van der Waals surface area contributed by atoms with Gasteiger partial charge in [0.15, 0.2) is 11.5 Å². The number of hydrogen-bond acceptors (Lipinski definition) is 6. The molecule has 1 unspecified atom stereocenters. The molecule has 3 aromatic rings. The predicted octanol–water partition coefficient (Wildman–Crippen LogP) is 5.21. The Morgan fingerprint density at radius 1 is 1.12 bits per heavy atom. The minimum Gasteiger partial charge on any atom is -0.493 e. The van der Waals surface area contributed by atoms with Crippen molar-refractivity contribution in [3.63, 3.8) is 0 Å². The Balaban J connectivity index is 1.50. The van der Waals surface area contributed by atoms with Crippen molar-refractivity contribution < 1.29 is 23.7 Å². The number of thiophene rings is 1. The Morgan fingerprint density at radius 3 is 2.74 bits per heavy atom.